The number of ether oxygens (including phenoxy) is 1. The Morgan fingerprint density at radius 2 is 2.25 bits per heavy atom. The normalized spacial score (nSPS) is 24.7. The Morgan fingerprint density at radius 3 is 2.81 bits per heavy atom. The van der Waals surface area contributed by atoms with Crippen molar-refractivity contribution >= 4 is 0 Å². The highest BCUT2D eigenvalue weighted by Gasteiger charge is 2.33. The molecule has 16 heavy (non-hydrogen) atoms. The minimum absolute atomic E-state index is 0.162. The molecule has 2 rings (SSSR count). The number of halogens is 1. The van der Waals surface area contributed by atoms with Crippen molar-refractivity contribution in [3.05, 3.63) is 23.5 Å². The minimum Gasteiger partial charge on any atom is -0.504 e. The van der Waals surface area contributed by atoms with Gasteiger partial charge in [-0.15, -0.1) is 0 Å². The Hall–Kier alpha value is -1.29. The fraction of sp³-hybridized carbons (Fsp3) is 0.500. The molecule has 0 spiro atoms. The molecule has 0 saturated carbocycles. The number of phenols is 1. The van der Waals surface area contributed by atoms with E-state index in [2.05, 4.69) is 5.32 Å². The summed E-state index contributed by atoms with van der Waals surface area (Å²) in [6.07, 6.45) is 1.91. The maximum atomic E-state index is 13.8. The molecular formula is C12H16FNO2. The molecule has 1 saturated heterocycles. The second-order valence-corrected chi connectivity index (χ2v) is 4.37. The van der Waals surface area contributed by atoms with Crippen molar-refractivity contribution in [3.8, 4) is 11.5 Å². The number of methoxy groups -OCH3 is 1. The van der Waals surface area contributed by atoms with Crippen LogP contribution in [0.2, 0.25) is 0 Å². The standard InChI is InChI=1S/C12H16FNO2/c1-12(4-3-5-14-12)8-6-11(16-2)10(15)7-9(8)13/h6-7,14-15H,3-5H2,1-2H3. The smallest absolute Gasteiger partial charge is 0.161 e. The zero-order valence-corrected chi connectivity index (χ0v) is 9.51. The van der Waals surface area contributed by atoms with E-state index in [0.717, 1.165) is 25.5 Å². The van der Waals surface area contributed by atoms with Gasteiger partial charge in [0.1, 0.15) is 5.82 Å². The first-order valence-electron chi connectivity index (χ1n) is 5.39. The molecule has 1 aliphatic heterocycles. The fourth-order valence-electron chi connectivity index (χ4n) is 2.25. The van der Waals surface area contributed by atoms with Crippen molar-refractivity contribution in [1.82, 2.24) is 5.32 Å². The molecule has 0 bridgehead atoms. The third kappa shape index (κ3) is 1.73. The van der Waals surface area contributed by atoms with Gasteiger partial charge in [-0.25, -0.2) is 4.39 Å². The Labute approximate surface area is 94.2 Å². The van der Waals surface area contributed by atoms with Gasteiger partial charge in [-0.3, -0.25) is 0 Å². The molecule has 3 nitrogen and oxygen atoms in total. The SMILES string of the molecule is COc1cc(C2(C)CCCN2)c(F)cc1O. The number of hydrogen-bond acceptors (Lipinski definition) is 3. The van der Waals surface area contributed by atoms with E-state index in [4.69, 9.17) is 4.74 Å². The molecule has 0 aromatic heterocycles. The largest absolute Gasteiger partial charge is 0.504 e. The third-order valence-corrected chi connectivity index (χ3v) is 3.23. The summed E-state index contributed by atoms with van der Waals surface area (Å²) in [7, 11) is 1.46. The Balaban J connectivity index is 2.47. The molecule has 1 aromatic carbocycles. The van der Waals surface area contributed by atoms with Crippen LogP contribution in [0.3, 0.4) is 0 Å². The Morgan fingerprint density at radius 1 is 1.50 bits per heavy atom. The summed E-state index contributed by atoms with van der Waals surface area (Å²) in [5, 5.41) is 12.7. The van der Waals surface area contributed by atoms with Crippen molar-refractivity contribution in [2.24, 2.45) is 0 Å². The molecular weight excluding hydrogens is 209 g/mol. The monoisotopic (exact) mass is 225 g/mol. The lowest BCUT2D eigenvalue weighted by atomic mass is 9.90. The lowest BCUT2D eigenvalue weighted by Crippen LogP contribution is -2.34. The van der Waals surface area contributed by atoms with Gasteiger partial charge in [0, 0.05) is 17.2 Å². The van der Waals surface area contributed by atoms with E-state index in [1.807, 2.05) is 6.92 Å². The van der Waals surface area contributed by atoms with E-state index < -0.39 is 5.82 Å². The minimum atomic E-state index is -0.393. The van der Waals surface area contributed by atoms with Crippen LogP contribution in [-0.2, 0) is 5.54 Å². The lowest BCUT2D eigenvalue weighted by Gasteiger charge is -2.26. The molecule has 88 valence electrons. The molecule has 0 aliphatic carbocycles. The van der Waals surface area contributed by atoms with Crippen LogP contribution in [0, 0.1) is 5.82 Å². The van der Waals surface area contributed by atoms with Crippen LogP contribution in [0.15, 0.2) is 12.1 Å². The highest BCUT2D eigenvalue weighted by atomic mass is 19.1. The van der Waals surface area contributed by atoms with Crippen molar-refractivity contribution in [1.29, 1.82) is 0 Å². The second kappa shape index (κ2) is 3.94. The van der Waals surface area contributed by atoms with Crippen LogP contribution >= 0.6 is 0 Å². The molecule has 0 amide bonds. The second-order valence-electron chi connectivity index (χ2n) is 4.37. The van der Waals surface area contributed by atoms with Crippen molar-refractivity contribution in [2.75, 3.05) is 13.7 Å². The van der Waals surface area contributed by atoms with Gasteiger partial charge in [-0.1, -0.05) is 0 Å². The van der Waals surface area contributed by atoms with E-state index in [0.29, 0.717) is 11.3 Å². The molecule has 0 radical (unpaired) electrons. The summed E-state index contributed by atoms with van der Waals surface area (Å²) in [5.41, 5.74) is 0.199. The molecule has 1 heterocycles. The van der Waals surface area contributed by atoms with Gasteiger partial charge in [0.25, 0.3) is 0 Å². The molecule has 1 unspecified atom stereocenters. The number of rotatable bonds is 2. The van der Waals surface area contributed by atoms with E-state index >= 15 is 0 Å². The summed E-state index contributed by atoms with van der Waals surface area (Å²) in [5.74, 6) is -0.244. The van der Waals surface area contributed by atoms with E-state index in [1.165, 1.54) is 7.11 Å². The van der Waals surface area contributed by atoms with E-state index in [9.17, 15) is 9.50 Å². The summed E-state index contributed by atoms with van der Waals surface area (Å²) in [6.45, 7) is 2.86. The first-order chi connectivity index (χ1) is 7.57. The van der Waals surface area contributed by atoms with Gasteiger partial charge >= 0.3 is 0 Å². The van der Waals surface area contributed by atoms with Gasteiger partial charge in [0.15, 0.2) is 11.5 Å². The summed E-state index contributed by atoms with van der Waals surface area (Å²) in [6, 6.07) is 2.68. The number of hydrogen-bond donors (Lipinski definition) is 2. The summed E-state index contributed by atoms with van der Waals surface area (Å²) >= 11 is 0. The van der Waals surface area contributed by atoms with Crippen molar-refractivity contribution in [3.63, 3.8) is 0 Å². The zero-order valence-electron chi connectivity index (χ0n) is 9.51. The van der Waals surface area contributed by atoms with Crippen molar-refractivity contribution in [2.45, 2.75) is 25.3 Å². The highest BCUT2D eigenvalue weighted by molar-refractivity contribution is 5.45. The van der Waals surface area contributed by atoms with E-state index in [1.54, 1.807) is 6.07 Å². The van der Waals surface area contributed by atoms with Crippen LogP contribution in [0.1, 0.15) is 25.3 Å². The first-order valence-corrected chi connectivity index (χ1v) is 5.39. The number of benzene rings is 1. The van der Waals surface area contributed by atoms with Crippen LogP contribution < -0.4 is 10.1 Å². The first kappa shape index (κ1) is 11.2. The van der Waals surface area contributed by atoms with Gasteiger partial charge in [0.05, 0.1) is 7.11 Å². The average molecular weight is 225 g/mol. The van der Waals surface area contributed by atoms with Gasteiger partial charge in [0.2, 0.25) is 0 Å². The van der Waals surface area contributed by atoms with Crippen LogP contribution in [0.5, 0.6) is 11.5 Å². The molecule has 1 atom stereocenters. The quantitative estimate of drug-likeness (QED) is 0.810. The predicted octanol–water partition coefficient (Wildman–Crippen LogP) is 2.14. The molecule has 4 heteroatoms. The summed E-state index contributed by atoms with van der Waals surface area (Å²) in [4.78, 5) is 0. The highest BCUT2D eigenvalue weighted by Crippen LogP contribution is 2.37. The van der Waals surface area contributed by atoms with Crippen LogP contribution in [-0.4, -0.2) is 18.8 Å². The maximum absolute atomic E-state index is 13.8. The number of phenolic OH excluding ortho intramolecular Hbond substituents is 1. The zero-order chi connectivity index (χ0) is 11.8. The van der Waals surface area contributed by atoms with Crippen molar-refractivity contribution < 1.29 is 14.2 Å². The molecule has 2 N–H and O–H groups in total. The Kier molecular flexibility index (Phi) is 2.76. The molecule has 1 aromatic rings. The summed E-state index contributed by atoms with van der Waals surface area (Å²) < 4.78 is 18.8. The van der Waals surface area contributed by atoms with E-state index in [-0.39, 0.29) is 11.3 Å². The van der Waals surface area contributed by atoms with Gasteiger partial charge in [-0.05, 0) is 32.4 Å². The fourth-order valence-corrected chi connectivity index (χ4v) is 2.25. The maximum Gasteiger partial charge on any atom is 0.161 e. The topological polar surface area (TPSA) is 41.5 Å². The Bertz CT molecular complexity index is 400. The van der Waals surface area contributed by atoms with Gasteiger partial charge in [-0.2, -0.15) is 0 Å². The van der Waals surface area contributed by atoms with Crippen LogP contribution in [0.4, 0.5) is 4.39 Å². The average Bonchev–Trinajstić information content (AvgIpc) is 2.66. The number of nitrogens with one attached hydrogen (secondary N) is 1. The van der Waals surface area contributed by atoms with Gasteiger partial charge < -0.3 is 15.2 Å². The predicted molar refractivity (Wildman–Crippen MR) is 59.2 cm³/mol. The lowest BCUT2D eigenvalue weighted by molar-refractivity contribution is 0.360. The molecule has 1 fully saturated rings. The third-order valence-electron chi connectivity index (χ3n) is 3.23. The molecule has 1 aliphatic rings. The number of aromatic hydroxyl groups is 1. The van der Waals surface area contributed by atoms with Crippen LogP contribution in [0.25, 0.3) is 0 Å².